The summed E-state index contributed by atoms with van der Waals surface area (Å²) < 4.78 is 5.38. The van der Waals surface area contributed by atoms with Gasteiger partial charge < -0.3 is 24.3 Å². The van der Waals surface area contributed by atoms with E-state index in [2.05, 4.69) is 56.9 Å². The van der Waals surface area contributed by atoms with E-state index in [1.165, 1.54) is 11.3 Å². The second-order valence-corrected chi connectivity index (χ2v) is 7.96. The van der Waals surface area contributed by atoms with Crippen LogP contribution in [0, 0.1) is 6.92 Å². The number of piperazine rings is 1. The van der Waals surface area contributed by atoms with Crippen molar-refractivity contribution in [2.45, 2.75) is 6.92 Å². The number of carbonyl (C=O) groups is 1. The van der Waals surface area contributed by atoms with Crippen LogP contribution in [0.25, 0.3) is 33.6 Å². The SMILES string of the molecule is Cc1cc(-c2cnc3[nH]cc(-c4nc(C(=O)O)co4)c3c2)ccc1N1CCN(C)CC1. The number of nitrogens with one attached hydrogen (secondary N) is 1. The molecular formula is C23H23N5O3. The molecule has 1 aliphatic heterocycles. The van der Waals surface area contributed by atoms with Gasteiger partial charge in [0.1, 0.15) is 11.9 Å². The second-order valence-electron chi connectivity index (χ2n) is 7.96. The number of hydrogen-bond acceptors (Lipinski definition) is 6. The number of fused-ring (bicyclic) bond motifs is 1. The van der Waals surface area contributed by atoms with E-state index in [0.29, 0.717) is 11.2 Å². The van der Waals surface area contributed by atoms with Crippen molar-refractivity contribution in [2.24, 2.45) is 0 Å². The molecule has 0 radical (unpaired) electrons. The fraction of sp³-hybridized carbons (Fsp3) is 0.261. The summed E-state index contributed by atoms with van der Waals surface area (Å²) in [6.07, 6.45) is 4.72. The first kappa shape index (κ1) is 19.3. The van der Waals surface area contributed by atoms with Crippen molar-refractivity contribution < 1.29 is 14.3 Å². The molecule has 1 fully saturated rings. The molecule has 1 aliphatic rings. The van der Waals surface area contributed by atoms with Crippen LogP contribution in [0.15, 0.2) is 47.3 Å². The highest BCUT2D eigenvalue weighted by Gasteiger charge is 2.18. The van der Waals surface area contributed by atoms with Gasteiger partial charge in [-0.15, -0.1) is 0 Å². The molecule has 0 amide bonds. The Morgan fingerprint density at radius 2 is 1.97 bits per heavy atom. The van der Waals surface area contributed by atoms with Crippen molar-refractivity contribution in [1.29, 1.82) is 0 Å². The van der Waals surface area contributed by atoms with Gasteiger partial charge in [0, 0.05) is 55.2 Å². The summed E-state index contributed by atoms with van der Waals surface area (Å²) in [5.41, 5.74) is 5.82. The Morgan fingerprint density at radius 1 is 1.16 bits per heavy atom. The molecule has 0 saturated carbocycles. The van der Waals surface area contributed by atoms with Crippen LogP contribution in [-0.2, 0) is 0 Å². The first-order chi connectivity index (χ1) is 15.0. The highest BCUT2D eigenvalue weighted by molar-refractivity contribution is 5.94. The molecule has 4 aromatic rings. The van der Waals surface area contributed by atoms with Gasteiger partial charge in [-0.1, -0.05) is 6.07 Å². The Kier molecular flexibility index (Phi) is 4.71. The summed E-state index contributed by atoms with van der Waals surface area (Å²) in [6.45, 7) is 6.35. The summed E-state index contributed by atoms with van der Waals surface area (Å²) in [6, 6.07) is 8.54. The quantitative estimate of drug-likeness (QED) is 0.523. The average Bonchev–Trinajstić information content (AvgIpc) is 3.41. The minimum Gasteiger partial charge on any atom is -0.476 e. The number of H-pyrrole nitrogens is 1. The summed E-state index contributed by atoms with van der Waals surface area (Å²) in [5, 5.41) is 9.94. The molecule has 0 spiro atoms. The van der Waals surface area contributed by atoms with Gasteiger partial charge in [-0.2, -0.15) is 0 Å². The number of carboxylic acid groups (broad SMARTS) is 1. The van der Waals surface area contributed by atoms with Crippen LogP contribution in [0.4, 0.5) is 5.69 Å². The maximum absolute atomic E-state index is 11.1. The number of hydrogen-bond donors (Lipinski definition) is 2. The Labute approximate surface area is 179 Å². The van der Waals surface area contributed by atoms with E-state index in [1.54, 1.807) is 6.20 Å². The van der Waals surface area contributed by atoms with Crippen LogP contribution in [0.1, 0.15) is 16.1 Å². The van der Waals surface area contributed by atoms with E-state index in [-0.39, 0.29) is 11.6 Å². The Hall–Kier alpha value is -3.65. The number of oxazole rings is 1. The molecule has 3 aromatic heterocycles. The molecule has 31 heavy (non-hydrogen) atoms. The zero-order chi connectivity index (χ0) is 21.5. The lowest BCUT2D eigenvalue weighted by Gasteiger charge is -2.35. The second kappa shape index (κ2) is 7.55. The predicted octanol–water partition coefficient (Wildman–Crippen LogP) is 3.64. The minimum atomic E-state index is -1.12. The van der Waals surface area contributed by atoms with Crippen molar-refractivity contribution in [3.8, 4) is 22.6 Å². The molecular weight excluding hydrogens is 394 g/mol. The molecule has 158 valence electrons. The van der Waals surface area contributed by atoms with Gasteiger partial charge in [0.2, 0.25) is 5.89 Å². The maximum atomic E-state index is 11.1. The number of likely N-dealkylation sites (N-methyl/N-ethyl adjacent to an activating group) is 1. The number of aromatic nitrogens is 3. The molecule has 4 heterocycles. The largest absolute Gasteiger partial charge is 0.476 e. The Morgan fingerprint density at radius 3 is 2.68 bits per heavy atom. The third-order valence-corrected chi connectivity index (χ3v) is 5.86. The molecule has 2 N–H and O–H groups in total. The van der Waals surface area contributed by atoms with Gasteiger partial charge in [-0.25, -0.2) is 14.8 Å². The predicted molar refractivity (Wildman–Crippen MR) is 118 cm³/mol. The summed E-state index contributed by atoms with van der Waals surface area (Å²) >= 11 is 0. The monoisotopic (exact) mass is 417 g/mol. The van der Waals surface area contributed by atoms with Crippen molar-refractivity contribution in [3.63, 3.8) is 0 Å². The van der Waals surface area contributed by atoms with Gasteiger partial charge in [0.05, 0.1) is 5.56 Å². The third-order valence-electron chi connectivity index (χ3n) is 5.86. The van der Waals surface area contributed by atoms with Crippen molar-refractivity contribution in [1.82, 2.24) is 19.9 Å². The van der Waals surface area contributed by atoms with E-state index in [4.69, 9.17) is 9.52 Å². The number of anilines is 1. The number of aromatic carboxylic acids is 1. The summed E-state index contributed by atoms with van der Waals surface area (Å²) in [5.74, 6) is -0.867. The third kappa shape index (κ3) is 3.55. The minimum absolute atomic E-state index is 0.122. The van der Waals surface area contributed by atoms with E-state index >= 15 is 0 Å². The highest BCUT2D eigenvalue weighted by atomic mass is 16.4. The van der Waals surface area contributed by atoms with E-state index in [1.807, 2.05) is 12.3 Å². The maximum Gasteiger partial charge on any atom is 0.357 e. The molecule has 1 saturated heterocycles. The first-order valence-corrected chi connectivity index (χ1v) is 10.2. The molecule has 5 rings (SSSR count). The van der Waals surface area contributed by atoms with Gasteiger partial charge in [-0.3, -0.25) is 0 Å². The van der Waals surface area contributed by atoms with E-state index in [9.17, 15) is 4.79 Å². The number of aromatic amines is 1. The van der Waals surface area contributed by atoms with Crippen molar-refractivity contribution in [2.75, 3.05) is 38.1 Å². The fourth-order valence-electron chi connectivity index (χ4n) is 4.07. The standard InChI is InChI=1S/C23H23N5O3/c1-14-9-15(3-4-20(14)28-7-5-27(2)6-8-28)16-10-17-18(12-25-21(17)24-11-16)22-26-19(13-31-22)23(29)30/h3-4,9-13H,5-8H2,1-2H3,(H,24,25)(H,29,30). The molecule has 0 aliphatic carbocycles. The molecule has 1 aromatic carbocycles. The van der Waals surface area contributed by atoms with Crippen LogP contribution in [0.5, 0.6) is 0 Å². The number of aryl methyl sites for hydroxylation is 1. The number of carboxylic acids is 1. The van der Waals surface area contributed by atoms with Crippen LogP contribution in [-0.4, -0.2) is 64.2 Å². The van der Waals surface area contributed by atoms with Gasteiger partial charge >= 0.3 is 5.97 Å². The topological polar surface area (TPSA) is 98.5 Å². The number of benzene rings is 1. The number of rotatable bonds is 4. The Balaban J connectivity index is 1.49. The number of nitrogens with zero attached hydrogens (tertiary/aromatic N) is 4. The van der Waals surface area contributed by atoms with Crippen LogP contribution < -0.4 is 4.90 Å². The molecule has 0 unspecified atom stereocenters. The highest BCUT2D eigenvalue weighted by Crippen LogP contribution is 2.32. The normalized spacial score (nSPS) is 15.0. The molecule has 8 heteroatoms. The Bertz CT molecular complexity index is 1270. The van der Waals surface area contributed by atoms with Crippen LogP contribution in [0.3, 0.4) is 0 Å². The molecule has 0 atom stereocenters. The van der Waals surface area contributed by atoms with Crippen LogP contribution >= 0.6 is 0 Å². The van der Waals surface area contributed by atoms with E-state index in [0.717, 1.165) is 49.0 Å². The summed E-state index contributed by atoms with van der Waals surface area (Å²) in [7, 11) is 2.16. The van der Waals surface area contributed by atoms with E-state index < -0.39 is 5.97 Å². The zero-order valence-corrected chi connectivity index (χ0v) is 17.4. The molecule has 8 nitrogen and oxygen atoms in total. The lowest BCUT2D eigenvalue weighted by atomic mass is 10.0. The van der Waals surface area contributed by atoms with Gasteiger partial charge in [-0.05, 0) is 43.3 Å². The fourth-order valence-corrected chi connectivity index (χ4v) is 4.07. The lowest BCUT2D eigenvalue weighted by molar-refractivity contribution is 0.0690. The smallest absolute Gasteiger partial charge is 0.357 e. The van der Waals surface area contributed by atoms with Crippen LogP contribution in [0.2, 0.25) is 0 Å². The van der Waals surface area contributed by atoms with Crippen molar-refractivity contribution in [3.05, 3.63) is 54.2 Å². The zero-order valence-electron chi connectivity index (χ0n) is 17.4. The molecule has 0 bridgehead atoms. The average molecular weight is 417 g/mol. The summed E-state index contributed by atoms with van der Waals surface area (Å²) in [4.78, 5) is 27.6. The van der Waals surface area contributed by atoms with Crippen molar-refractivity contribution >= 4 is 22.7 Å². The lowest BCUT2D eigenvalue weighted by Crippen LogP contribution is -2.44. The number of pyridine rings is 1. The van der Waals surface area contributed by atoms with Gasteiger partial charge in [0.25, 0.3) is 0 Å². The van der Waals surface area contributed by atoms with Gasteiger partial charge in [0.15, 0.2) is 5.69 Å². The first-order valence-electron chi connectivity index (χ1n) is 10.2.